The van der Waals surface area contributed by atoms with Gasteiger partial charge in [0.2, 0.25) is 17.7 Å². The Morgan fingerprint density at radius 3 is 2.60 bits per heavy atom. The Morgan fingerprint density at radius 1 is 1.19 bits per heavy atom. The summed E-state index contributed by atoms with van der Waals surface area (Å²) in [6.45, 7) is 5.29. The maximum Gasteiger partial charge on any atom is 0.352 e. The third-order valence-electron chi connectivity index (χ3n) is 8.77. The van der Waals surface area contributed by atoms with Gasteiger partial charge >= 0.3 is 5.97 Å². The number of nitrogens with zero attached hydrogens (tertiary/aromatic N) is 3. The van der Waals surface area contributed by atoms with Crippen LogP contribution in [-0.2, 0) is 28.7 Å². The molecule has 6 atom stereocenters. The number of hydrogen-bond donors (Lipinski definition) is 2. The quantitative estimate of drug-likeness (QED) is 0.0559. The number of ketones is 1. The van der Waals surface area contributed by atoms with Crippen molar-refractivity contribution in [1.82, 2.24) is 9.80 Å². The second kappa shape index (κ2) is 10.7. The zero-order valence-electron chi connectivity index (χ0n) is 22.8. The zero-order chi connectivity index (χ0) is 29.9. The van der Waals surface area contributed by atoms with Crippen molar-refractivity contribution in [1.29, 1.82) is 0 Å². The van der Waals surface area contributed by atoms with Crippen LogP contribution in [0.2, 0.25) is 0 Å². The van der Waals surface area contributed by atoms with E-state index in [1.165, 1.54) is 33.3 Å². The van der Waals surface area contributed by atoms with Gasteiger partial charge in [0.15, 0.2) is 6.72 Å². The molecule has 11 nitrogen and oxygen atoms in total. The predicted molar refractivity (Wildman–Crippen MR) is 152 cm³/mol. The Hall–Kier alpha value is -3.42. The van der Waals surface area contributed by atoms with Crippen molar-refractivity contribution in [2.75, 3.05) is 18.1 Å². The number of carboxylic acids is 1. The van der Waals surface area contributed by atoms with Crippen molar-refractivity contribution in [3.05, 3.63) is 47.7 Å². The fraction of sp³-hybridized carbons (Fsp3) is 0.448. The van der Waals surface area contributed by atoms with E-state index in [0.29, 0.717) is 29.2 Å². The maximum atomic E-state index is 13.1. The topological polar surface area (TPSA) is 145 Å². The zero-order valence-corrected chi connectivity index (χ0v) is 24.4. The Morgan fingerprint density at radius 2 is 1.93 bits per heavy atom. The van der Waals surface area contributed by atoms with E-state index in [4.69, 9.17) is 4.74 Å². The van der Waals surface area contributed by atoms with Crippen molar-refractivity contribution in [3.8, 4) is 0 Å². The van der Waals surface area contributed by atoms with Crippen LogP contribution in [0.15, 0.2) is 52.6 Å². The van der Waals surface area contributed by atoms with Gasteiger partial charge in [-0.15, -0.1) is 23.5 Å². The number of Topliss-reactive ketones (excluding diaryl/α,β-unsaturated/α-hetero) is 1. The minimum Gasteiger partial charge on any atom is -0.477 e. The van der Waals surface area contributed by atoms with Crippen LogP contribution in [-0.4, -0.2) is 96.2 Å². The molecule has 220 valence electrons. The summed E-state index contributed by atoms with van der Waals surface area (Å²) in [7, 11) is 0. The summed E-state index contributed by atoms with van der Waals surface area (Å²) in [5.74, 6) is -3.46. The standard InChI is InChI=1S/C29H29N3O8S2/c1-3-29-10-8-20(40-29)21-22(29)26(36)31(25(21)35)11-9-17(33)12-19-24(34)32-23(28(37)38)15(14-42-27(19)32)13-41-18-6-4-16(5-7-18)30(2)39/h4-8,10,19-22,27H,2-3,9,11-14H2,1H3,(H-,37,38,39)/p+1. The molecular formula is C29H30N3O8S2+. The highest BCUT2D eigenvalue weighted by Crippen LogP contribution is 2.53. The molecule has 5 aliphatic heterocycles. The highest BCUT2D eigenvalue weighted by molar-refractivity contribution is 8.01. The number of imide groups is 1. The molecule has 3 fully saturated rings. The summed E-state index contributed by atoms with van der Waals surface area (Å²) < 4.78 is 6.71. The number of aliphatic carboxylic acids is 1. The van der Waals surface area contributed by atoms with Gasteiger partial charge in [0, 0.05) is 52.7 Å². The van der Waals surface area contributed by atoms with Gasteiger partial charge in [-0.2, -0.15) is 0 Å². The second-order valence-electron chi connectivity index (χ2n) is 11.0. The first-order valence-electron chi connectivity index (χ1n) is 13.7. The van der Waals surface area contributed by atoms with Crippen molar-refractivity contribution in [2.24, 2.45) is 17.8 Å². The van der Waals surface area contributed by atoms with Gasteiger partial charge in [-0.3, -0.25) is 34.2 Å². The highest BCUT2D eigenvalue weighted by atomic mass is 32.2. The molecule has 6 rings (SSSR count). The molecule has 2 bridgehead atoms. The van der Waals surface area contributed by atoms with Gasteiger partial charge in [-0.05, 0) is 24.1 Å². The van der Waals surface area contributed by atoms with Crippen LogP contribution in [0.3, 0.4) is 0 Å². The Labute approximate surface area is 250 Å². The van der Waals surface area contributed by atoms with Gasteiger partial charge in [0.05, 0.1) is 34.8 Å². The monoisotopic (exact) mass is 612 g/mol. The van der Waals surface area contributed by atoms with E-state index in [2.05, 4.69) is 6.72 Å². The lowest BCUT2D eigenvalue weighted by molar-refractivity contribution is -0.706. The summed E-state index contributed by atoms with van der Waals surface area (Å²) in [5, 5.41) is 18.9. The number of ether oxygens (including phenoxy) is 1. The molecule has 0 aromatic heterocycles. The lowest BCUT2D eigenvalue weighted by Crippen LogP contribution is -2.62. The van der Waals surface area contributed by atoms with Crippen molar-refractivity contribution < 1.29 is 43.8 Å². The summed E-state index contributed by atoms with van der Waals surface area (Å²) in [4.78, 5) is 67.7. The second-order valence-corrected chi connectivity index (χ2v) is 13.2. The summed E-state index contributed by atoms with van der Waals surface area (Å²) in [6, 6.07) is 6.95. The van der Waals surface area contributed by atoms with E-state index >= 15 is 0 Å². The van der Waals surface area contributed by atoms with Gasteiger partial charge < -0.3 is 9.84 Å². The molecule has 1 aromatic rings. The lowest BCUT2D eigenvalue weighted by atomic mass is 9.76. The first-order chi connectivity index (χ1) is 20.1. The molecule has 5 aliphatic rings. The number of hydrogen-bond acceptors (Lipinski definition) is 9. The number of β-lactam (4-membered cyclic amide) rings is 1. The van der Waals surface area contributed by atoms with Gasteiger partial charge in [0.1, 0.15) is 11.5 Å². The normalized spacial score (nSPS) is 31.0. The van der Waals surface area contributed by atoms with E-state index < -0.39 is 46.7 Å². The van der Waals surface area contributed by atoms with Crippen LogP contribution in [0.4, 0.5) is 5.69 Å². The number of carbonyl (C=O) groups is 5. The Balaban J connectivity index is 1.06. The van der Waals surface area contributed by atoms with Crippen molar-refractivity contribution in [2.45, 2.75) is 48.2 Å². The third kappa shape index (κ3) is 4.49. The molecule has 3 amide bonds. The minimum atomic E-state index is -1.19. The number of carboxylic acid groups (broad SMARTS) is 1. The molecule has 13 heteroatoms. The van der Waals surface area contributed by atoms with Crippen LogP contribution < -0.4 is 0 Å². The van der Waals surface area contributed by atoms with Crippen LogP contribution in [0.5, 0.6) is 0 Å². The maximum absolute atomic E-state index is 13.1. The van der Waals surface area contributed by atoms with Gasteiger partial charge in [-0.25, -0.2) is 4.79 Å². The summed E-state index contributed by atoms with van der Waals surface area (Å²) in [6.07, 6.45) is 3.76. The summed E-state index contributed by atoms with van der Waals surface area (Å²) >= 11 is 2.85. The van der Waals surface area contributed by atoms with Crippen LogP contribution in [0.25, 0.3) is 0 Å². The fourth-order valence-corrected chi connectivity index (χ4v) is 9.05. The molecule has 1 aromatic carbocycles. The van der Waals surface area contributed by atoms with Crippen molar-refractivity contribution in [3.63, 3.8) is 0 Å². The molecule has 0 spiro atoms. The molecule has 42 heavy (non-hydrogen) atoms. The Bertz CT molecular complexity index is 1470. The number of carbonyl (C=O) groups excluding carboxylic acids is 4. The number of likely N-dealkylation sites (tertiary alicyclic amines) is 1. The number of thioether (sulfide) groups is 2. The summed E-state index contributed by atoms with van der Waals surface area (Å²) in [5.41, 5.74) is 0.335. The molecule has 0 aliphatic carbocycles. The van der Waals surface area contributed by atoms with Crippen molar-refractivity contribution >= 4 is 65.4 Å². The molecule has 0 radical (unpaired) electrons. The minimum absolute atomic E-state index is 0.0355. The molecule has 6 unspecified atom stereocenters. The van der Waals surface area contributed by atoms with Gasteiger partial charge in [0.25, 0.3) is 5.69 Å². The average molecular weight is 613 g/mol. The number of amides is 3. The van der Waals surface area contributed by atoms with E-state index in [-0.39, 0.29) is 42.7 Å². The molecule has 0 saturated carbocycles. The largest absolute Gasteiger partial charge is 0.477 e. The SMILES string of the molecule is C=[N+](O)c1ccc(SCC2=C(C(=O)O)N3C(=O)C(CC(=O)CCN4C(=O)C5C6C=CC(CC)(O6)C5C4=O)C3SC2)cc1. The van der Waals surface area contributed by atoms with E-state index in [9.17, 15) is 34.3 Å². The average Bonchev–Trinajstić information content (AvgIpc) is 3.63. The first kappa shape index (κ1) is 28.7. The number of benzene rings is 1. The number of fused-ring (bicyclic) bond motifs is 6. The van der Waals surface area contributed by atoms with Gasteiger partial charge in [-0.1, -0.05) is 19.1 Å². The molecule has 3 saturated heterocycles. The fourth-order valence-electron chi connectivity index (χ4n) is 6.59. The molecular weight excluding hydrogens is 582 g/mol. The molecule has 5 heterocycles. The van der Waals surface area contributed by atoms with Crippen LogP contribution in [0.1, 0.15) is 26.2 Å². The van der Waals surface area contributed by atoms with Crippen LogP contribution in [0, 0.1) is 17.8 Å². The Kier molecular flexibility index (Phi) is 7.30. The van der Waals surface area contributed by atoms with E-state index in [0.717, 1.165) is 9.63 Å². The first-order valence-corrected chi connectivity index (χ1v) is 15.8. The highest BCUT2D eigenvalue weighted by Gasteiger charge is 2.66. The third-order valence-corrected chi connectivity index (χ3v) is 11.3. The number of rotatable bonds is 11. The van der Waals surface area contributed by atoms with E-state index in [1.807, 2.05) is 19.1 Å². The predicted octanol–water partition coefficient (Wildman–Crippen LogP) is 2.45. The van der Waals surface area contributed by atoms with Crippen LogP contribution >= 0.6 is 23.5 Å². The lowest BCUT2D eigenvalue weighted by Gasteiger charge is -2.49. The smallest absolute Gasteiger partial charge is 0.352 e. The van der Waals surface area contributed by atoms with E-state index in [1.54, 1.807) is 24.3 Å². The molecule has 2 N–H and O–H groups in total.